The molecule has 1 aliphatic heterocycles. The van der Waals surface area contributed by atoms with E-state index in [0.717, 1.165) is 16.5 Å². The van der Waals surface area contributed by atoms with Crippen molar-refractivity contribution in [1.82, 2.24) is 14.9 Å². The fourth-order valence-electron chi connectivity index (χ4n) is 5.35. The summed E-state index contributed by atoms with van der Waals surface area (Å²) in [4.78, 5) is 7.01. The minimum absolute atomic E-state index is 0.0223. The number of hydrogen-bond donors (Lipinski definition) is 1. The number of thiocarbonyl (C=S) groups is 1. The third-order valence-corrected chi connectivity index (χ3v) is 7.57. The minimum atomic E-state index is -0.0584. The van der Waals surface area contributed by atoms with Gasteiger partial charge in [0.05, 0.1) is 17.8 Å². The second-order valence-corrected chi connectivity index (χ2v) is 10.0. The summed E-state index contributed by atoms with van der Waals surface area (Å²) in [7, 11) is 0. The lowest BCUT2D eigenvalue weighted by atomic mass is 9.93. The average molecular weight is 481 g/mol. The van der Waals surface area contributed by atoms with Crippen LogP contribution in [0.3, 0.4) is 0 Å². The van der Waals surface area contributed by atoms with Gasteiger partial charge in [-0.25, -0.2) is 0 Å². The zero-order chi connectivity index (χ0) is 24.7. The SMILES string of the molecule is Cc1c([C@@H]2[C@H](c3ccccn3)NC(=S)N2c2ccc(C(C)C)cc2)c(C)n(-c2ccccc2)c1C. The van der Waals surface area contributed by atoms with Gasteiger partial charge < -0.3 is 14.8 Å². The van der Waals surface area contributed by atoms with Crippen LogP contribution in [-0.2, 0) is 0 Å². The Kier molecular flexibility index (Phi) is 6.20. The van der Waals surface area contributed by atoms with Crippen LogP contribution in [0.15, 0.2) is 79.0 Å². The smallest absolute Gasteiger partial charge is 0.174 e. The van der Waals surface area contributed by atoms with Crippen LogP contribution in [0.25, 0.3) is 5.69 Å². The summed E-state index contributed by atoms with van der Waals surface area (Å²) in [5.41, 5.74) is 9.64. The lowest BCUT2D eigenvalue weighted by Crippen LogP contribution is -2.29. The number of anilines is 1. The summed E-state index contributed by atoms with van der Waals surface area (Å²) in [5, 5.41) is 4.34. The molecule has 1 aliphatic rings. The van der Waals surface area contributed by atoms with Crippen LogP contribution in [0, 0.1) is 20.8 Å². The van der Waals surface area contributed by atoms with E-state index in [1.807, 2.05) is 18.3 Å². The van der Waals surface area contributed by atoms with E-state index < -0.39 is 0 Å². The molecule has 0 radical (unpaired) electrons. The number of benzene rings is 2. The van der Waals surface area contributed by atoms with Crippen LogP contribution in [0.5, 0.6) is 0 Å². The maximum Gasteiger partial charge on any atom is 0.174 e. The van der Waals surface area contributed by atoms with E-state index in [-0.39, 0.29) is 12.1 Å². The lowest BCUT2D eigenvalue weighted by molar-refractivity contribution is 0.563. The Morgan fingerprint density at radius 3 is 2.14 bits per heavy atom. The van der Waals surface area contributed by atoms with Gasteiger partial charge >= 0.3 is 0 Å². The van der Waals surface area contributed by atoms with E-state index in [1.165, 1.54) is 33.8 Å². The summed E-state index contributed by atoms with van der Waals surface area (Å²) in [6, 6.07) is 25.4. The van der Waals surface area contributed by atoms with Gasteiger partial charge in [0.25, 0.3) is 0 Å². The molecule has 0 saturated carbocycles. The zero-order valence-corrected chi connectivity index (χ0v) is 21.8. The van der Waals surface area contributed by atoms with Gasteiger partial charge in [0.2, 0.25) is 0 Å². The van der Waals surface area contributed by atoms with E-state index in [2.05, 4.69) is 110 Å². The topological polar surface area (TPSA) is 33.1 Å². The summed E-state index contributed by atoms with van der Waals surface area (Å²) < 4.78 is 2.36. The number of aromatic nitrogens is 2. The van der Waals surface area contributed by atoms with Gasteiger partial charge in [-0.05, 0) is 86.4 Å². The second-order valence-electron chi connectivity index (χ2n) is 9.62. The highest BCUT2D eigenvalue weighted by Crippen LogP contribution is 2.45. The van der Waals surface area contributed by atoms with Crippen molar-refractivity contribution >= 4 is 23.0 Å². The monoisotopic (exact) mass is 480 g/mol. The normalized spacial score (nSPS) is 17.8. The summed E-state index contributed by atoms with van der Waals surface area (Å²) in [6.45, 7) is 11.1. The largest absolute Gasteiger partial charge is 0.351 e. The molecule has 2 aromatic heterocycles. The second kappa shape index (κ2) is 9.31. The molecule has 1 saturated heterocycles. The van der Waals surface area contributed by atoms with E-state index in [1.54, 1.807) is 0 Å². The third-order valence-electron chi connectivity index (χ3n) is 7.25. The van der Waals surface area contributed by atoms with Gasteiger partial charge in [0.15, 0.2) is 5.11 Å². The molecule has 3 heterocycles. The third kappa shape index (κ3) is 4.04. The molecule has 5 rings (SSSR count). The first-order chi connectivity index (χ1) is 16.9. The molecule has 0 unspecified atom stereocenters. The Morgan fingerprint density at radius 2 is 1.51 bits per heavy atom. The van der Waals surface area contributed by atoms with Crippen molar-refractivity contribution < 1.29 is 0 Å². The predicted molar refractivity (Wildman–Crippen MR) is 148 cm³/mol. The van der Waals surface area contributed by atoms with E-state index in [0.29, 0.717) is 5.92 Å². The van der Waals surface area contributed by atoms with Crippen LogP contribution in [-0.4, -0.2) is 14.7 Å². The molecule has 1 fully saturated rings. The highest BCUT2D eigenvalue weighted by atomic mass is 32.1. The average Bonchev–Trinajstić information content (AvgIpc) is 3.32. The molecular weight excluding hydrogens is 448 g/mol. The molecule has 178 valence electrons. The van der Waals surface area contributed by atoms with Crippen molar-refractivity contribution in [1.29, 1.82) is 0 Å². The first kappa shape index (κ1) is 23.3. The molecule has 0 amide bonds. The van der Waals surface area contributed by atoms with E-state index >= 15 is 0 Å². The Balaban J connectivity index is 1.70. The molecule has 35 heavy (non-hydrogen) atoms. The van der Waals surface area contributed by atoms with Crippen LogP contribution < -0.4 is 10.2 Å². The maximum atomic E-state index is 5.96. The summed E-state index contributed by atoms with van der Waals surface area (Å²) >= 11 is 5.96. The first-order valence-corrected chi connectivity index (χ1v) is 12.6. The highest BCUT2D eigenvalue weighted by molar-refractivity contribution is 7.80. The van der Waals surface area contributed by atoms with Gasteiger partial charge in [-0.3, -0.25) is 4.98 Å². The first-order valence-electron chi connectivity index (χ1n) is 12.2. The lowest BCUT2D eigenvalue weighted by Gasteiger charge is -2.29. The summed E-state index contributed by atoms with van der Waals surface area (Å²) in [5.74, 6) is 0.483. The fraction of sp³-hybridized carbons (Fsp3) is 0.267. The minimum Gasteiger partial charge on any atom is -0.351 e. The Bertz CT molecular complexity index is 1340. The van der Waals surface area contributed by atoms with E-state index in [4.69, 9.17) is 17.2 Å². The van der Waals surface area contributed by atoms with Crippen LogP contribution >= 0.6 is 12.2 Å². The maximum absolute atomic E-state index is 5.96. The van der Waals surface area contributed by atoms with Gasteiger partial charge in [0.1, 0.15) is 0 Å². The quantitative estimate of drug-likeness (QED) is 0.309. The van der Waals surface area contributed by atoms with Gasteiger partial charge in [-0.2, -0.15) is 0 Å². The van der Waals surface area contributed by atoms with Gasteiger partial charge in [-0.15, -0.1) is 0 Å². The Hall–Kier alpha value is -3.44. The van der Waals surface area contributed by atoms with Crippen molar-refractivity contribution in [3.8, 4) is 5.69 Å². The Labute approximate surface area is 213 Å². The number of hydrogen-bond acceptors (Lipinski definition) is 2. The molecule has 1 N–H and O–H groups in total. The molecule has 0 bridgehead atoms. The van der Waals surface area contributed by atoms with E-state index in [9.17, 15) is 0 Å². The van der Waals surface area contributed by atoms with Crippen LogP contribution in [0.4, 0.5) is 5.69 Å². The number of nitrogens with one attached hydrogen (secondary N) is 1. The molecule has 2 atom stereocenters. The molecular formula is C30H32N4S. The Morgan fingerprint density at radius 1 is 0.829 bits per heavy atom. The number of pyridine rings is 1. The predicted octanol–water partition coefficient (Wildman–Crippen LogP) is 7.10. The fourth-order valence-corrected chi connectivity index (χ4v) is 5.70. The zero-order valence-electron chi connectivity index (χ0n) is 21.0. The number of para-hydroxylation sites is 1. The molecule has 5 heteroatoms. The van der Waals surface area contributed by atoms with Crippen molar-refractivity contribution in [2.24, 2.45) is 0 Å². The molecule has 2 aromatic carbocycles. The van der Waals surface area contributed by atoms with Crippen molar-refractivity contribution in [2.75, 3.05) is 4.90 Å². The molecule has 0 aliphatic carbocycles. The molecule has 0 spiro atoms. The van der Waals surface area contributed by atoms with Crippen LogP contribution in [0.2, 0.25) is 0 Å². The molecule has 4 aromatic rings. The number of nitrogens with zero attached hydrogens (tertiary/aromatic N) is 3. The standard InChI is InChI=1S/C30H32N4S/c1-19(2)23-14-16-25(17-15-23)34-29(28(32-30(34)35)26-13-9-10-18-31-26)27-20(3)21(4)33(22(27)5)24-11-7-6-8-12-24/h6-19,28-29H,1-5H3,(H,32,35)/t28-,29+/m0/s1. The van der Waals surface area contributed by atoms with Crippen molar-refractivity contribution in [2.45, 2.75) is 52.6 Å². The van der Waals surface area contributed by atoms with Crippen molar-refractivity contribution in [3.63, 3.8) is 0 Å². The summed E-state index contributed by atoms with van der Waals surface area (Å²) in [6.07, 6.45) is 1.86. The number of rotatable bonds is 5. The van der Waals surface area contributed by atoms with Gasteiger partial charge in [-0.1, -0.05) is 50.2 Å². The van der Waals surface area contributed by atoms with Crippen LogP contribution in [0.1, 0.15) is 65.6 Å². The molecule has 4 nitrogen and oxygen atoms in total. The van der Waals surface area contributed by atoms with Gasteiger partial charge in [0, 0.05) is 34.5 Å². The van der Waals surface area contributed by atoms with Crippen molar-refractivity contribution in [3.05, 3.63) is 113 Å². The highest BCUT2D eigenvalue weighted by Gasteiger charge is 2.43.